The highest BCUT2D eigenvalue weighted by atomic mass is 15.2. The van der Waals surface area contributed by atoms with Gasteiger partial charge in [-0.05, 0) is 50.6 Å². The van der Waals surface area contributed by atoms with Crippen LogP contribution in [0, 0.1) is 17.2 Å². The van der Waals surface area contributed by atoms with Gasteiger partial charge in [-0.3, -0.25) is 10.2 Å². The lowest BCUT2D eigenvalue weighted by Crippen LogP contribution is -2.42. The number of hydrogen-bond donors (Lipinski definition) is 1. The van der Waals surface area contributed by atoms with Crippen molar-refractivity contribution in [2.24, 2.45) is 5.92 Å². The molecule has 3 heteroatoms. The van der Waals surface area contributed by atoms with E-state index in [1.165, 1.54) is 32.2 Å². The summed E-state index contributed by atoms with van der Waals surface area (Å²) in [6, 6.07) is 13.5. The van der Waals surface area contributed by atoms with Crippen molar-refractivity contribution in [1.29, 1.82) is 5.26 Å². The lowest BCUT2D eigenvalue weighted by Gasteiger charge is -2.30. The Hall–Kier alpha value is -1.37. The number of nitrogens with one attached hydrogen (secondary N) is 1. The highest BCUT2D eigenvalue weighted by molar-refractivity contribution is 5.31. The van der Waals surface area contributed by atoms with Crippen molar-refractivity contribution in [3.63, 3.8) is 0 Å². The van der Waals surface area contributed by atoms with Crippen LogP contribution in [0.1, 0.15) is 37.7 Å². The maximum absolute atomic E-state index is 9.76. The first-order chi connectivity index (χ1) is 10.3. The van der Waals surface area contributed by atoms with Gasteiger partial charge >= 0.3 is 0 Å². The zero-order valence-corrected chi connectivity index (χ0v) is 12.9. The van der Waals surface area contributed by atoms with Crippen LogP contribution in [-0.4, -0.2) is 31.1 Å². The molecule has 1 unspecified atom stereocenters. The predicted molar refractivity (Wildman–Crippen MR) is 84.7 cm³/mol. The van der Waals surface area contributed by atoms with Crippen molar-refractivity contribution in [2.75, 3.05) is 20.1 Å². The summed E-state index contributed by atoms with van der Waals surface area (Å²) < 4.78 is 0. The number of nitriles is 1. The van der Waals surface area contributed by atoms with Crippen LogP contribution >= 0.6 is 0 Å². The van der Waals surface area contributed by atoms with Crippen LogP contribution in [0.2, 0.25) is 0 Å². The SMILES string of the molecule is CNC(C#N)(CCN(CC1CC1)C1CC1)c1ccccc1. The van der Waals surface area contributed by atoms with Gasteiger partial charge in [0.1, 0.15) is 5.54 Å². The van der Waals surface area contributed by atoms with Gasteiger partial charge in [-0.25, -0.2) is 0 Å². The quantitative estimate of drug-likeness (QED) is 0.797. The Morgan fingerprint density at radius 3 is 2.48 bits per heavy atom. The van der Waals surface area contributed by atoms with E-state index in [2.05, 4.69) is 28.4 Å². The third kappa shape index (κ3) is 3.45. The molecule has 0 saturated heterocycles. The molecule has 1 aromatic carbocycles. The van der Waals surface area contributed by atoms with E-state index in [0.717, 1.165) is 30.5 Å². The molecule has 21 heavy (non-hydrogen) atoms. The normalized spacial score (nSPS) is 21.0. The van der Waals surface area contributed by atoms with Crippen LogP contribution in [0.15, 0.2) is 30.3 Å². The molecule has 1 N–H and O–H groups in total. The smallest absolute Gasteiger partial charge is 0.133 e. The van der Waals surface area contributed by atoms with E-state index in [9.17, 15) is 5.26 Å². The van der Waals surface area contributed by atoms with Crippen molar-refractivity contribution >= 4 is 0 Å². The molecule has 0 aromatic heterocycles. The summed E-state index contributed by atoms with van der Waals surface area (Å²) in [4.78, 5) is 2.63. The Balaban J connectivity index is 1.68. The summed E-state index contributed by atoms with van der Waals surface area (Å²) >= 11 is 0. The first-order valence-electron chi connectivity index (χ1n) is 8.17. The number of benzene rings is 1. The fourth-order valence-corrected chi connectivity index (χ4v) is 3.12. The fraction of sp³-hybridized carbons (Fsp3) is 0.611. The topological polar surface area (TPSA) is 39.1 Å². The average molecular weight is 283 g/mol. The molecular weight excluding hydrogens is 258 g/mol. The molecule has 112 valence electrons. The number of rotatable bonds is 8. The van der Waals surface area contributed by atoms with Crippen LogP contribution in [0.25, 0.3) is 0 Å². The van der Waals surface area contributed by atoms with Crippen molar-refractivity contribution in [3.05, 3.63) is 35.9 Å². The first kappa shape index (κ1) is 14.6. The van der Waals surface area contributed by atoms with Gasteiger partial charge in [0, 0.05) is 19.1 Å². The van der Waals surface area contributed by atoms with E-state index < -0.39 is 5.54 Å². The summed E-state index contributed by atoms with van der Waals surface area (Å²) in [5.74, 6) is 0.924. The molecule has 1 atom stereocenters. The molecular formula is C18H25N3. The maximum Gasteiger partial charge on any atom is 0.133 e. The second-order valence-electron chi connectivity index (χ2n) is 6.55. The summed E-state index contributed by atoms with van der Waals surface area (Å²) in [6.45, 7) is 2.26. The highest BCUT2D eigenvalue weighted by Gasteiger charge is 2.36. The average Bonchev–Trinajstić information content (AvgIpc) is 3.41. The lowest BCUT2D eigenvalue weighted by molar-refractivity contribution is 0.226. The van der Waals surface area contributed by atoms with Crippen molar-refractivity contribution in [1.82, 2.24) is 10.2 Å². The zero-order valence-electron chi connectivity index (χ0n) is 12.9. The van der Waals surface area contributed by atoms with Crippen LogP contribution < -0.4 is 5.32 Å². The van der Waals surface area contributed by atoms with E-state index in [1.807, 2.05) is 25.2 Å². The van der Waals surface area contributed by atoms with Gasteiger partial charge in [-0.2, -0.15) is 5.26 Å². The molecule has 1 aromatic rings. The van der Waals surface area contributed by atoms with E-state index in [4.69, 9.17) is 0 Å². The minimum absolute atomic E-state index is 0.558. The maximum atomic E-state index is 9.76. The monoisotopic (exact) mass is 283 g/mol. The Bertz CT molecular complexity index is 499. The van der Waals surface area contributed by atoms with Gasteiger partial charge in [0.25, 0.3) is 0 Å². The Morgan fingerprint density at radius 1 is 1.24 bits per heavy atom. The van der Waals surface area contributed by atoms with Crippen LogP contribution in [0.5, 0.6) is 0 Å². The van der Waals surface area contributed by atoms with Gasteiger partial charge < -0.3 is 0 Å². The van der Waals surface area contributed by atoms with Crippen molar-refractivity contribution < 1.29 is 0 Å². The highest BCUT2D eigenvalue weighted by Crippen LogP contribution is 2.36. The van der Waals surface area contributed by atoms with Gasteiger partial charge in [0.05, 0.1) is 6.07 Å². The van der Waals surface area contributed by atoms with Crippen molar-refractivity contribution in [3.8, 4) is 6.07 Å². The van der Waals surface area contributed by atoms with Gasteiger partial charge in [-0.1, -0.05) is 30.3 Å². The molecule has 0 amide bonds. The second kappa shape index (κ2) is 6.17. The van der Waals surface area contributed by atoms with Gasteiger partial charge in [-0.15, -0.1) is 0 Å². The molecule has 2 aliphatic rings. The molecule has 2 aliphatic carbocycles. The number of nitrogens with zero attached hydrogens (tertiary/aromatic N) is 2. The molecule has 2 fully saturated rings. The molecule has 3 nitrogen and oxygen atoms in total. The Morgan fingerprint density at radius 2 is 1.95 bits per heavy atom. The van der Waals surface area contributed by atoms with E-state index in [0.29, 0.717) is 0 Å². The second-order valence-corrected chi connectivity index (χ2v) is 6.55. The minimum atomic E-state index is -0.558. The zero-order chi connectivity index (χ0) is 14.7. The van der Waals surface area contributed by atoms with Crippen LogP contribution in [0.3, 0.4) is 0 Å². The summed E-state index contributed by atoms with van der Waals surface area (Å²) in [5.41, 5.74) is 0.523. The van der Waals surface area contributed by atoms with Crippen molar-refractivity contribution in [2.45, 2.75) is 43.7 Å². The van der Waals surface area contributed by atoms with E-state index in [-0.39, 0.29) is 0 Å². The minimum Gasteiger partial charge on any atom is -0.300 e. The van der Waals surface area contributed by atoms with Gasteiger partial charge in [0.15, 0.2) is 0 Å². The summed E-state index contributed by atoms with van der Waals surface area (Å²) in [5, 5.41) is 13.0. The summed E-state index contributed by atoms with van der Waals surface area (Å²) in [7, 11) is 1.90. The standard InChI is InChI=1S/C18H25N3/c1-20-18(14-19,16-5-3-2-4-6-16)11-12-21(17-9-10-17)13-15-7-8-15/h2-6,15,17,20H,7-13H2,1H3. The number of hydrogen-bond acceptors (Lipinski definition) is 3. The first-order valence-corrected chi connectivity index (χ1v) is 8.17. The fourth-order valence-electron chi connectivity index (χ4n) is 3.12. The lowest BCUT2D eigenvalue weighted by atomic mass is 9.88. The molecule has 3 rings (SSSR count). The molecule has 0 radical (unpaired) electrons. The Kier molecular flexibility index (Phi) is 4.28. The predicted octanol–water partition coefficient (Wildman–Crippen LogP) is 2.89. The molecule has 0 bridgehead atoms. The third-order valence-electron chi connectivity index (χ3n) is 4.91. The summed E-state index contributed by atoms with van der Waals surface area (Å²) in [6.07, 6.45) is 6.34. The van der Waals surface area contributed by atoms with Crippen LogP contribution in [0.4, 0.5) is 0 Å². The van der Waals surface area contributed by atoms with E-state index >= 15 is 0 Å². The molecule has 0 aliphatic heterocycles. The largest absolute Gasteiger partial charge is 0.300 e. The molecule has 0 heterocycles. The molecule has 2 saturated carbocycles. The van der Waals surface area contributed by atoms with Crippen LogP contribution in [-0.2, 0) is 5.54 Å². The van der Waals surface area contributed by atoms with E-state index in [1.54, 1.807) is 0 Å². The Labute approximate surface area is 128 Å². The third-order valence-corrected chi connectivity index (χ3v) is 4.91. The molecule has 0 spiro atoms. The van der Waals surface area contributed by atoms with Gasteiger partial charge in [0.2, 0.25) is 0 Å².